The Morgan fingerprint density at radius 1 is 1.14 bits per heavy atom. The third-order valence-electron chi connectivity index (χ3n) is 5.25. The number of alkyl halides is 3. The lowest BCUT2D eigenvalue weighted by atomic mass is 9.73. The Balaban J connectivity index is 1.68. The Labute approximate surface area is 164 Å². The first-order chi connectivity index (χ1) is 13.4. The minimum atomic E-state index is -4.54. The maximum Gasteiger partial charge on any atom is 0.434 e. The van der Waals surface area contributed by atoms with Crippen molar-refractivity contribution in [3.8, 4) is 0 Å². The summed E-state index contributed by atoms with van der Waals surface area (Å²) in [7, 11) is 0. The van der Waals surface area contributed by atoms with Crippen LogP contribution in [0.4, 0.5) is 19.0 Å². The molecular formula is C19H19ClF3N5. The van der Waals surface area contributed by atoms with Crippen LogP contribution in [0, 0.1) is 0 Å². The molecule has 0 spiro atoms. The summed E-state index contributed by atoms with van der Waals surface area (Å²) >= 11 is 6.02. The van der Waals surface area contributed by atoms with Crippen LogP contribution in [0.5, 0.6) is 0 Å². The SMILES string of the molecule is FC(F)(F)c1cn2c(NCC3(c4ccccc4)CCNCC3)cc(Cl)nc2n1. The molecular weight excluding hydrogens is 391 g/mol. The van der Waals surface area contributed by atoms with E-state index in [0.29, 0.717) is 12.4 Å². The lowest BCUT2D eigenvalue weighted by Gasteiger charge is -2.38. The summed E-state index contributed by atoms with van der Waals surface area (Å²) in [6.07, 6.45) is -1.76. The van der Waals surface area contributed by atoms with Crippen molar-refractivity contribution in [2.24, 2.45) is 0 Å². The molecule has 2 aromatic heterocycles. The number of anilines is 1. The number of rotatable bonds is 4. The van der Waals surface area contributed by atoms with Gasteiger partial charge in [0.15, 0.2) is 5.69 Å². The van der Waals surface area contributed by atoms with Crippen molar-refractivity contribution in [3.05, 3.63) is 59.0 Å². The zero-order chi connectivity index (χ0) is 19.8. The van der Waals surface area contributed by atoms with E-state index in [1.807, 2.05) is 18.2 Å². The van der Waals surface area contributed by atoms with Gasteiger partial charge in [-0.2, -0.15) is 13.2 Å². The molecule has 3 aromatic rings. The maximum absolute atomic E-state index is 13.1. The molecule has 3 heterocycles. The van der Waals surface area contributed by atoms with E-state index in [1.54, 1.807) is 0 Å². The number of aromatic nitrogens is 3. The highest BCUT2D eigenvalue weighted by Crippen LogP contribution is 2.34. The molecule has 1 aliphatic rings. The first kappa shape index (κ1) is 19.0. The van der Waals surface area contributed by atoms with Gasteiger partial charge in [-0.3, -0.25) is 4.40 Å². The Hall–Kier alpha value is -2.32. The summed E-state index contributed by atoms with van der Waals surface area (Å²) in [6, 6.07) is 11.7. The first-order valence-corrected chi connectivity index (χ1v) is 9.38. The third-order valence-corrected chi connectivity index (χ3v) is 5.45. The smallest absolute Gasteiger partial charge is 0.370 e. The van der Waals surface area contributed by atoms with Crippen LogP contribution in [0.15, 0.2) is 42.6 Å². The zero-order valence-electron chi connectivity index (χ0n) is 14.9. The number of hydrogen-bond donors (Lipinski definition) is 2. The number of halogens is 4. The van der Waals surface area contributed by atoms with Crippen molar-refractivity contribution in [1.29, 1.82) is 0 Å². The fourth-order valence-electron chi connectivity index (χ4n) is 3.73. The number of imidazole rings is 1. The van der Waals surface area contributed by atoms with E-state index in [2.05, 4.69) is 32.7 Å². The normalized spacial score (nSPS) is 17.0. The summed E-state index contributed by atoms with van der Waals surface area (Å²) in [5, 5.41) is 6.76. The average molecular weight is 410 g/mol. The van der Waals surface area contributed by atoms with Crippen LogP contribution in [0.25, 0.3) is 5.78 Å². The van der Waals surface area contributed by atoms with Gasteiger partial charge >= 0.3 is 6.18 Å². The maximum atomic E-state index is 13.1. The van der Waals surface area contributed by atoms with E-state index >= 15 is 0 Å². The lowest BCUT2D eigenvalue weighted by molar-refractivity contribution is -0.140. The number of hydrogen-bond acceptors (Lipinski definition) is 4. The van der Waals surface area contributed by atoms with E-state index in [1.165, 1.54) is 16.0 Å². The molecule has 0 amide bonds. The zero-order valence-corrected chi connectivity index (χ0v) is 15.7. The Bertz CT molecular complexity index is 965. The Morgan fingerprint density at radius 3 is 2.54 bits per heavy atom. The third kappa shape index (κ3) is 3.66. The van der Waals surface area contributed by atoms with Gasteiger partial charge < -0.3 is 10.6 Å². The van der Waals surface area contributed by atoms with E-state index in [4.69, 9.17) is 11.6 Å². The average Bonchev–Trinajstić information content (AvgIpc) is 3.12. The van der Waals surface area contributed by atoms with Gasteiger partial charge in [0.05, 0.1) is 0 Å². The number of piperidine rings is 1. The first-order valence-electron chi connectivity index (χ1n) is 9.00. The molecule has 0 aliphatic carbocycles. The number of nitrogens with one attached hydrogen (secondary N) is 2. The number of benzene rings is 1. The minimum Gasteiger partial charge on any atom is -0.370 e. The highest BCUT2D eigenvalue weighted by atomic mass is 35.5. The van der Waals surface area contributed by atoms with Gasteiger partial charge in [-0.25, -0.2) is 9.97 Å². The van der Waals surface area contributed by atoms with Gasteiger partial charge in [0.1, 0.15) is 11.0 Å². The second-order valence-corrected chi connectivity index (χ2v) is 7.40. The monoisotopic (exact) mass is 409 g/mol. The summed E-state index contributed by atoms with van der Waals surface area (Å²) in [5.74, 6) is 0.355. The van der Waals surface area contributed by atoms with Gasteiger partial charge in [0.2, 0.25) is 5.78 Å². The fourth-order valence-corrected chi connectivity index (χ4v) is 3.91. The Morgan fingerprint density at radius 2 is 1.86 bits per heavy atom. The van der Waals surface area contributed by atoms with Crippen molar-refractivity contribution in [2.45, 2.75) is 24.4 Å². The molecule has 1 aliphatic heterocycles. The molecule has 0 radical (unpaired) electrons. The van der Waals surface area contributed by atoms with Crippen molar-refractivity contribution < 1.29 is 13.2 Å². The van der Waals surface area contributed by atoms with Crippen molar-refractivity contribution in [2.75, 3.05) is 25.0 Å². The van der Waals surface area contributed by atoms with Gasteiger partial charge in [-0.15, -0.1) is 0 Å². The van der Waals surface area contributed by atoms with E-state index < -0.39 is 11.9 Å². The van der Waals surface area contributed by atoms with Gasteiger partial charge in [-0.1, -0.05) is 41.9 Å². The second kappa shape index (κ2) is 7.25. The van der Waals surface area contributed by atoms with Crippen LogP contribution in [0.1, 0.15) is 24.1 Å². The molecule has 5 nitrogen and oxygen atoms in total. The van der Waals surface area contributed by atoms with Crippen LogP contribution in [0.2, 0.25) is 5.15 Å². The second-order valence-electron chi connectivity index (χ2n) is 7.01. The molecule has 0 unspecified atom stereocenters. The van der Waals surface area contributed by atoms with Crippen LogP contribution in [-0.4, -0.2) is 34.0 Å². The van der Waals surface area contributed by atoms with Crippen molar-refractivity contribution in [1.82, 2.24) is 19.7 Å². The van der Waals surface area contributed by atoms with Crippen LogP contribution >= 0.6 is 11.6 Å². The molecule has 0 bridgehead atoms. The molecule has 1 saturated heterocycles. The standard InChI is InChI=1S/C19H19ClF3N5/c20-15-10-16(28-11-14(19(21,22)23)26-17(28)27-15)25-12-18(6-8-24-9-7-18)13-4-2-1-3-5-13/h1-5,10-11,24-25H,6-9,12H2. The van der Waals surface area contributed by atoms with E-state index in [-0.39, 0.29) is 16.3 Å². The quantitative estimate of drug-likeness (QED) is 0.636. The van der Waals surface area contributed by atoms with Crippen LogP contribution < -0.4 is 10.6 Å². The predicted octanol–water partition coefficient (Wildman–Crippen LogP) is 4.13. The molecule has 28 heavy (non-hydrogen) atoms. The van der Waals surface area contributed by atoms with Crippen LogP contribution in [0.3, 0.4) is 0 Å². The van der Waals surface area contributed by atoms with E-state index in [9.17, 15) is 13.2 Å². The molecule has 9 heteroatoms. The number of fused-ring (bicyclic) bond motifs is 1. The lowest BCUT2D eigenvalue weighted by Crippen LogP contribution is -2.44. The van der Waals surface area contributed by atoms with Gasteiger partial charge in [0, 0.05) is 24.2 Å². The summed E-state index contributed by atoms with van der Waals surface area (Å²) in [6.45, 7) is 2.33. The van der Waals surface area contributed by atoms with Crippen molar-refractivity contribution >= 4 is 23.2 Å². The summed E-state index contributed by atoms with van der Waals surface area (Å²) < 4.78 is 40.5. The van der Waals surface area contributed by atoms with E-state index in [0.717, 1.165) is 32.1 Å². The van der Waals surface area contributed by atoms with Crippen LogP contribution in [-0.2, 0) is 11.6 Å². The summed E-state index contributed by atoms with van der Waals surface area (Å²) in [5.41, 5.74) is 0.0918. The topological polar surface area (TPSA) is 54.2 Å². The van der Waals surface area contributed by atoms with Gasteiger partial charge in [0.25, 0.3) is 0 Å². The highest BCUT2D eigenvalue weighted by Gasteiger charge is 2.36. The predicted molar refractivity (Wildman–Crippen MR) is 102 cm³/mol. The molecule has 0 atom stereocenters. The Kier molecular flexibility index (Phi) is 4.93. The number of nitrogens with zero attached hydrogens (tertiary/aromatic N) is 3. The minimum absolute atomic E-state index is 0.0820. The molecule has 2 N–H and O–H groups in total. The molecule has 148 valence electrons. The van der Waals surface area contributed by atoms with Crippen molar-refractivity contribution in [3.63, 3.8) is 0 Å². The molecule has 1 aromatic carbocycles. The highest BCUT2D eigenvalue weighted by molar-refractivity contribution is 6.29. The molecule has 0 saturated carbocycles. The fraction of sp³-hybridized carbons (Fsp3) is 0.368. The summed E-state index contributed by atoms with van der Waals surface area (Å²) in [4.78, 5) is 7.48. The molecule has 4 rings (SSSR count). The van der Waals surface area contributed by atoms with Gasteiger partial charge in [-0.05, 0) is 31.5 Å². The largest absolute Gasteiger partial charge is 0.434 e. The molecule has 1 fully saturated rings.